The number of likely N-dealkylation sites (N-methyl/N-ethyl adjacent to an activating group) is 1. The summed E-state index contributed by atoms with van der Waals surface area (Å²) in [5.74, 6) is 0. The van der Waals surface area contributed by atoms with Gasteiger partial charge in [0.1, 0.15) is 0 Å². The Morgan fingerprint density at radius 2 is 2.18 bits per heavy atom. The fourth-order valence-corrected chi connectivity index (χ4v) is 1.82. The second kappa shape index (κ2) is 6.21. The van der Waals surface area contributed by atoms with Gasteiger partial charge < -0.3 is 5.32 Å². The van der Waals surface area contributed by atoms with E-state index in [9.17, 15) is 13.2 Å². The Balaban J connectivity index is 2.70. The lowest BCUT2D eigenvalue weighted by Gasteiger charge is -2.19. The van der Waals surface area contributed by atoms with Crippen molar-refractivity contribution >= 4 is 11.6 Å². The average molecular weight is 267 g/mol. The van der Waals surface area contributed by atoms with Crippen LogP contribution in [0.15, 0.2) is 18.5 Å². The van der Waals surface area contributed by atoms with Gasteiger partial charge in [0.15, 0.2) is 0 Å². The zero-order valence-electron chi connectivity index (χ0n) is 9.39. The second-order valence-electron chi connectivity index (χ2n) is 3.75. The molecule has 0 aliphatic rings. The smallest absolute Gasteiger partial charge is 0.314 e. The molecule has 0 saturated carbocycles. The van der Waals surface area contributed by atoms with Gasteiger partial charge in [-0.2, -0.15) is 13.2 Å². The van der Waals surface area contributed by atoms with E-state index in [1.807, 2.05) is 0 Å². The van der Waals surface area contributed by atoms with E-state index >= 15 is 0 Å². The molecule has 1 heterocycles. The maximum atomic E-state index is 12.3. The van der Waals surface area contributed by atoms with Gasteiger partial charge >= 0.3 is 6.18 Å². The average Bonchev–Trinajstić information content (AvgIpc) is 2.19. The highest BCUT2D eigenvalue weighted by atomic mass is 35.5. The first-order valence-electron chi connectivity index (χ1n) is 5.31. The molecular weight excluding hydrogens is 253 g/mol. The fourth-order valence-electron chi connectivity index (χ4n) is 1.62. The summed E-state index contributed by atoms with van der Waals surface area (Å²) >= 11 is 5.87. The molecule has 0 aromatic carbocycles. The third kappa shape index (κ3) is 5.37. The first kappa shape index (κ1) is 14.3. The Kier molecular flexibility index (Phi) is 5.21. The minimum absolute atomic E-state index is 0.245. The zero-order chi connectivity index (χ0) is 12.9. The predicted molar refractivity (Wildman–Crippen MR) is 61.1 cm³/mol. The largest absolute Gasteiger partial charge is 0.390 e. The molecule has 17 heavy (non-hydrogen) atoms. The van der Waals surface area contributed by atoms with Gasteiger partial charge in [0.05, 0.1) is 11.4 Å². The first-order valence-corrected chi connectivity index (χ1v) is 5.68. The minimum atomic E-state index is -4.17. The van der Waals surface area contributed by atoms with Crippen molar-refractivity contribution in [1.82, 2.24) is 10.3 Å². The standard InChI is InChI=1S/C11H14ClF3N2/c1-2-17-9(6-11(13,14)15)5-8-3-4-16-7-10(8)12/h3-4,7,9,17H,2,5-6H2,1H3. The van der Waals surface area contributed by atoms with E-state index in [0.29, 0.717) is 17.1 Å². The summed E-state index contributed by atoms with van der Waals surface area (Å²) in [5.41, 5.74) is 0.678. The molecule has 1 N–H and O–H groups in total. The summed E-state index contributed by atoms with van der Waals surface area (Å²) in [4.78, 5) is 3.80. The fraction of sp³-hybridized carbons (Fsp3) is 0.545. The summed E-state index contributed by atoms with van der Waals surface area (Å²) in [7, 11) is 0. The highest BCUT2D eigenvalue weighted by Gasteiger charge is 2.31. The number of aromatic nitrogens is 1. The number of pyridine rings is 1. The molecule has 0 spiro atoms. The zero-order valence-corrected chi connectivity index (χ0v) is 10.1. The molecule has 1 aromatic heterocycles. The first-order chi connectivity index (χ1) is 7.92. The number of hydrogen-bond donors (Lipinski definition) is 1. The van der Waals surface area contributed by atoms with Crippen molar-refractivity contribution in [1.29, 1.82) is 0 Å². The summed E-state index contributed by atoms with van der Waals surface area (Å²) in [6, 6.07) is 0.989. The third-order valence-electron chi connectivity index (χ3n) is 2.29. The van der Waals surface area contributed by atoms with Crippen molar-refractivity contribution in [3.05, 3.63) is 29.0 Å². The number of nitrogens with zero attached hydrogens (tertiary/aromatic N) is 1. The summed E-state index contributed by atoms with van der Waals surface area (Å²) in [6.45, 7) is 2.26. The SMILES string of the molecule is CCNC(Cc1ccncc1Cl)CC(F)(F)F. The van der Waals surface area contributed by atoms with Gasteiger partial charge in [-0.15, -0.1) is 0 Å². The highest BCUT2D eigenvalue weighted by Crippen LogP contribution is 2.24. The van der Waals surface area contributed by atoms with Gasteiger partial charge in [-0.05, 0) is 24.6 Å². The van der Waals surface area contributed by atoms with Crippen LogP contribution >= 0.6 is 11.6 Å². The van der Waals surface area contributed by atoms with E-state index in [4.69, 9.17) is 11.6 Å². The van der Waals surface area contributed by atoms with Crippen LogP contribution < -0.4 is 5.32 Å². The van der Waals surface area contributed by atoms with Crippen molar-refractivity contribution < 1.29 is 13.2 Å². The van der Waals surface area contributed by atoms with E-state index in [1.165, 1.54) is 12.4 Å². The normalized spacial score (nSPS) is 13.7. The van der Waals surface area contributed by atoms with Gasteiger partial charge in [0.25, 0.3) is 0 Å². The lowest BCUT2D eigenvalue weighted by atomic mass is 10.0. The molecule has 0 aliphatic heterocycles. The van der Waals surface area contributed by atoms with Gasteiger partial charge in [0, 0.05) is 18.4 Å². The van der Waals surface area contributed by atoms with Crippen LogP contribution in [0.25, 0.3) is 0 Å². The maximum absolute atomic E-state index is 12.3. The summed E-state index contributed by atoms with van der Waals surface area (Å²) in [6.07, 6.45) is -1.83. The molecule has 1 atom stereocenters. The Morgan fingerprint density at radius 3 is 2.71 bits per heavy atom. The van der Waals surface area contributed by atoms with Crippen molar-refractivity contribution in [3.8, 4) is 0 Å². The Morgan fingerprint density at radius 1 is 1.47 bits per heavy atom. The van der Waals surface area contributed by atoms with Crippen LogP contribution in [0.4, 0.5) is 13.2 Å². The molecule has 0 amide bonds. The molecule has 0 radical (unpaired) electrons. The molecule has 1 rings (SSSR count). The monoisotopic (exact) mass is 266 g/mol. The molecule has 0 bridgehead atoms. The van der Waals surface area contributed by atoms with Crippen molar-refractivity contribution in [3.63, 3.8) is 0 Å². The van der Waals surface area contributed by atoms with Gasteiger partial charge in [-0.25, -0.2) is 0 Å². The molecule has 0 fully saturated rings. The number of nitrogens with one attached hydrogen (secondary N) is 1. The molecule has 1 unspecified atom stereocenters. The van der Waals surface area contributed by atoms with Crippen LogP contribution in [0, 0.1) is 0 Å². The second-order valence-corrected chi connectivity index (χ2v) is 4.15. The van der Waals surface area contributed by atoms with E-state index < -0.39 is 18.6 Å². The molecule has 6 heteroatoms. The Bertz CT molecular complexity index is 355. The molecular formula is C11H14ClF3N2. The lowest BCUT2D eigenvalue weighted by molar-refractivity contribution is -0.139. The van der Waals surface area contributed by atoms with E-state index in [1.54, 1.807) is 13.0 Å². The molecule has 2 nitrogen and oxygen atoms in total. The summed E-state index contributed by atoms with van der Waals surface area (Å²) < 4.78 is 37.0. The lowest BCUT2D eigenvalue weighted by Crippen LogP contribution is -2.35. The van der Waals surface area contributed by atoms with E-state index in [2.05, 4.69) is 10.3 Å². The number of hydrogen-bond acceptors (Lipinski definition) is 2. The molecule has 1 aromatic rings. The Labute approximate surface area is 103 Å². The highest BCUT2D eigenvalue weighted by molar-refractivity contribution is 6.31. The van der Waals surface area contributed by atoms with Crippen molar-refractivity contribution in [2.75, 3.05) is 6.54 Å². The van der Waals surface area contributed by atoms with Crippen molar-refractivity contribution in [2.24, 2.45) is 0 Å². The van der Waals surface area contributed by atoms with Crippen LogP contribution in [0.3, 0.4) is 0 Å². The quantitative estimate of drug-likeness (QED) is 0.885. The number of halogens is 4. The third-order valence-corrected chi connectivity index (χ3v) is 2.63. The van der Waals surface area contributed by atoms with Crippen LogP contribution in [-0.2, 0) is 6.42 Å². The molecule has 0 saturated heterocycles. The number of alkyl halides is 3. The van der Waals surface area contributed by atoms with Crippen LogP contribution in [0.5, 0.6) is 0 Å². The Hall–Kier alpha value is -0.810. The van der Waals surface area contributed by atoms with Crippen molar-refractivity contribution in [2.45, 2.75) is 32.0 Å². The van der Waals surface area contributed by atoms with E-state index in [0.717, 1.165) is 0 Å². The van der Waals surface area contributed by atoms with Gasteiger partial charge in [-0.3, -0.25) is 4.98 Å². The molecule has 0 aliphatic carbocycles. The van der Waals surface area contributed by atoms with Gasteiger partial charge in [0.2, 0.25) is 0 Å². The number of rotatable bonds is 5. The van der Waals surface area contributed by atoms with E-state index in [-0.39, 0.29) is 6.42 Å². The predicted octanol–water partition coefficient (Wildman–Crippen LogP) is 3.21. The molecule has 96 valence electrons. The topological polar surface area (TPSA) is 24.9 Å². The minimum Gasteiger partial charge on any atom is -0.314 e. The van der Waals surface area contributed by atoms with Gasteiger partial charge in [-0.1, -0.05) is 18.5 Å². The maximum Gasteiger partial charge on any atom is 0.390 e. The van der Waals surface area contributed by atoms with Crippen LogP contribution in [-0.4, -0.2) is 23.7 Å². The van der Waals surface area contributed by atoms with Crippen LogP contribution in [0.2, 0.25) is 5.02 Å². The summed E-state index contributed by atoms with van der Waals surface area (Å²) in [5, 5.41) is 3.22. The van der Waals surface area contributed by atoms with Crippen LogP contribution in [0.1, 0.15) is 18.9 Å².